The second-order valence-corrected chi connectivity index (χ2v) is 5.68. The van der Waals surface area contributed by atoms with Gasteiger partial charge in [0, 0.05) is 4.47 Å². The summed E-state index contributed by atoms with van der Waals surface area (Å²) in [7, 11) is 0. The first kappa shape index (κ1) is 14.3. The number of hydrogen-bond acceptors (Lipinski definition) is 1. The Kier molecular flexibility index (Phi) is 5.17. The van der Waals surface area contributed by atoms with E-state index in [2.05, 4.69) is 83.6 Å². The van der Waals surface area contributed by atoms with Crippen molar-refractivity contribution in [2.45, 2.75) is 26.3 Å². The Morgan fingerprint density at radius 1 is 1.11 bits per heavy atom. The van der Waals surface area contributed by atoms with Crippen LogP contribution in [0.5, 0.6) is 0 Å². The van der Waals surface area contributed by atoms with E-state index in [0.29, 0.717) is 0 Å². The average molecular weight is 318 g/mol. The number of halogens is 1. The van der Waals surface area contributed by atoms with Crippen LogP contribution in [0.3, 0.4) is 0 Å². The van der Waals surface area contributed by atoms with Crippen molar-refractivity contribution in [1.82, 2.24) is 5.32 Å². The molecule has 0 saturated carbocycles. The fourth-order valence-electron chi connectivity index (χ4n) is 2.21. The molecule has 1 atom stereocenters. The minimum atomic E-state index is 0.246. The van der Waals surface area contributed by atoms with Crippen LogP contribution in [0.25, 0.3) is 0 Å². The zero-order chi connectivity index (χ0) is 13.7. The second-order valence-electron chi connectivity index (χ2n) is 4.82. The summed E-state index contributed by atoms with van der Waals surface area (Å²) in [6.45, 7) is 5.32. The first-order valence-electron chi connectivity index (χ1n) is 6.76. The van der Waals surface area contributed by atoms with Crippen molar-refractivity contribution in [3.8, 4) is 0 Å². The summed E-state index contributed by atoms with van der Waals surface area (Å²) in [6.07, 6.45) is 1.13. The number of nitrogens with one attached hydrogen (secondary N) is 1. The predicted molar refractivity (Wildman–Crippen MR) is 85.5 cm³/mol. The maximum Gasteiger partial charge on any atom is 0.0587 e. The molecule has 1 nitrogen and oxygen atoms in total. The van der Waals surface area contributed by atoms with E-state index >= 15 is 0 Å². The molecular formula is C17H20BrN. The Labute approximate surface area is 124 Å². The van der Waals surface area contributed by atoms with Crippen molar-refractivity contribution in [2.75, 3.05) is 6.54 Å². The van der Waals surface area contributed by atoms with E-state index in [1.807, 2.05) is 0 Å². The second kappa shape index (κ2) is 6.88. The van der Waals surface area contributed by atoms with Crippen molar-refractivity contribution < 1.29 is 0 Å². The molecule has 0 amide bonds. The fourth-order valence-corrected chi connectivity index (χ4v) is 2.93. The van der Waals surface area contributed by atoms with Gasteiger partial charge in [-0.1, -0.05) is 65.3 Å². The van der Waals surface area contributed by atoms with Crippen LogP contribution in [0, 0.1) is 6.92 Å². The summed E-state index contributed by atoms with van der Waals surface area (Å²) in [6, 6.07) is 17.4. The lowest BCUT2D eigenvalue weighted by molar-refractivity contribution is 0.597. The predicted octanol–water partition coefficient (Wildman–Crippen LogP) is 4.85. The van der Waals surface area contributed by atoms with Gasteiger partial charge in [-0.05, 0) is 42.6 Å². The summed E-state index contributed by atoms with van der Waals surface area (Å²) in [5.41, 5.74) is 3.88. The van der Waals surface area contributed by atoms with Crippen LogP contribution in [0.1, 0.15) is 36.1 Å². The van der Waals surface area contributed by atoms with Gasteiger partial charge in [-0.3, -0.25) is 0 Å². The molecule has 0 aromatic heterocycles. The Morgan fingerprint density at radius 2 is 1.84 bits per heavy atom. The molecule has 2 aromatic rings. The normalized spacial score (nSPS) is 12.4. The number of aryl methyl sites for hydroxylation is 1. The molecule has 0 aliphatic carbocycles. The van der Waals surface area contributed by atoms with E-state index < -0.39 is 0 Å². The summed E-state index contributed by atoms with van der Waals surface area (Å²) in [5.74, 6) is 0. The molecule has 1 unspecified atom stereocenters. The first-order chi connectivity index (χ1) is 9.22. The third-order valence-electron chi connectivity index (χ3n) is 3.20. The molecule has 19 heavy (non-hydrogen) atoms. The summed E-state index contributed by atoms with van der Waals surface area (Å²) < 4.78 is 1.17. The van der Waals surface area contributed by atoms with Crippen molar-refractivity contribution in [2.24, 2.45) is 0 Å². The Bertz CT molecular complexity index is 522. The maximum atomic E-state index is 3.70. The van der Waals surface area contributed by atoms with Gasteiger partial charge in [0.2, 0.25) is 0 Å². The highest BCUT2D eigenvalue weighted by molar-refractivity contribution is 9.10. The van der Waals surface area contributed by atoms with E-state index in [1.54, 1.807) is 0 Å². The molecule has 0 spiro atoms. The molecule has 0 bridgehead atoms. The molecule has 0 aliphatic rings. The van der Waals surface area contributed by atoms with E-state index in [9.17, 15) is 0 Å². The maximum absolute atomic E-state index is 3.70. The number of benzene rings is 2. The minimum absolute atomic E-state index is 0.246. The zero-order valence-electron chi connectivity index (χ0n) is 11.5. The van der Waals surface area contributed by atoms with Crippen LogP contribution < -0.4 is 5.32 Å². The number of hydrogen-bond donors (Lipinski definition) is 1. The largest absolute Gasteiger partial charge is 0.306 e. The van der Waals surface area contributed by atoms with E-state index in [-0.39, 0.29) is 6.04 Å². The quantitative estimate of drug-likeness (QED) is 0.831. The standard InChI is InChI=1S/C17H20BrN/c1-3-11-19-17(14-7-5-4-6-8-14)15-10-9-13(2)12-16(15)18/h4-10,12,17,19H,3,11H2,1-2H3. The summed E-state index contributed by atoms with van der Waals surface area (Å²) in [4.78, 5) is 0. The van der Waals surface area contributed by atoms with Crippen LogP contribution >= 0.6 is 15.9 Å². The van der Waals surface area contributed by atoms with Gasteiger partial charge < -0.3 is 5.32 Å². The molecule has 1 N–H and O–H groups in total. The first-order valence-corrected chi connectivity index (χ1v) is 7.56. The lowest BCUT2D eigenvalue weighted by atomic mass is 9.97. The van der Waals surface area contributed by atoms with Gasteiger partial charge in [-0.15, -0.1) is 0 Å². The monoisotopic (exact) mass is 317 g/mol. The van der Waals surface area contributed by atoms with Gasteiger partial charge in [0.05, 0.1) is 6.04 Å². The molecule has 2 rings (SSSR count). The zero-order valence-corrected chi connectivity index (χ0v) is 13.1. The SMILES string of the molecule is CCCNC(c1ccccc1)c1ccc(C)cc1Br. The van der Waals surface area contributed by atoms with Crippen molar-refractivity contribution >= 4 is 15.9 Å². The highest BCUT2D eigenvalue weighted by Crippen LogP contribution is 2.29. The molecule has 0 heterocycles. The lowest BCUT2D eigenvalue weighted by Gasteiger charge is -2.21. The molecule has 0 saturated heterocycles. The summed E-state index contributed by atoms with van der Waals surface area (Å²) in [5, 5.41) is 3.63. The number of rotatable bonds is 5. The van der Waals surface area contributed by atoms with Crippen molar-refractivity contribution in [3.05, 3.63) is 69.7 Å². The third-order valence-corrected chi connectivity index (χ3v) is 3.89. The molecule has 2 aromatic carbocycles. The molecule has 0 aliphatic heterocycles. The van der Waals surface area contributed by atoms with E-state index in [0.717, 1.165) is 13.0 Å². The topological polar surface area (TPSA) is 12.0 Å². The Balaban J connectivity index is 2.37. The van der Waals surface area contributed by atoms with Crippen LogP contribution in [0.2, 0.25) is 0 Å². The molecular weight excluding hydrogens is 298 g/mol. The smallest absolute Gasteiger partial charge is 0.0587 e. The van der Waals surface area contributed by atoms with Gasteiger partial charge in [0.1, 0.15) is 0 Å². The highest BCUT2D eigenvalue weighted by Gasteiger charge is 2.15. The van der Waals surface area contributed by atoms with Crippen molar-refractivity contribution in [1.29, 1.82) is 0 Å². The molecule has 0 fully saturated rings. The van der Waals surface area contributed by atoms with Crippen LogP contribution in [-0.2, 0) is 0 Å². The van der Waals surface area contributed by atoms with Crippen molar-refractivity contribution in [3.63, 3.8) is 0 Å². The van der Waals surface area contributed by atoms with Crippen LogP contribution in [0.15, 0.2) is 53.0 Å². The van der Waals surface area contributed by atoms with Crippen LogP contribution in [-0.4, -0.2) is 6.54 Å². The lowest BCUT2D eigenvalue weighted by Crippen LogP contribution is -2.23. The van der Waals surface area contributed by atoms with Gasteiger partial charge in [-0.2, -0.15) is 0 Å². The third kappa shape index (κ3) is 3.68. The van der Waals surface area contributed by atoms with Crippen LogP contribution in [0.4, 0.5) is 0 Å². The minimum Gasteiger partial charge on any atom is -0.306 e. The Morgan fingerprint density at radius 3 is 2.47 bits per heavy atom. The van der Waals surface area contributed by atoms with E-state index in [4.69, 9.17) is 0 Å². The fraction of sp³-hybridized carbons (Fsp3) is 0.294. The van der Waals surface area contributed by atoms with Gasteiger partial charge >= 0.3 is 0 Å². The van der Waals surface area contributed by atoms with Gasteiger partial charge in [0.25, 0.3) is 0 Å². The Hall–Kier alpha value is -1.12. The molecule has 0 radical (unpaired) electrons. The van der Waals surface area contributed by atoms with E-state index in [1.165, 1.54) is 21.2 Å². The van der Waals surface area contributed by atoms with Gasteiger partial charge in [0.15, 0.2) is 0 Å². The van der Waals surface area contributed by atoms with Gasteiger partial charge in [-0.25, -0.2) is 0 Å². The summed E-state index contributed by atoms with van der Waals surface area (Å²) >= 11 is 3.70. The highest BCUT2D eigenvalue weighted by atomic mass is 79.9. The molecule has 100 valence electrons. The average Bonchev–Trinajstić information content (AvgIpc) is 2.42. The molecule has 2 heteroatoms.